The summed E-state index contributed by atoms with van der Waals surface area (Å²) in [6.45, 7) is 7.28. The van der Waals surface area contributed by atoms with Crippen molar-refractivity contribution in [2.45, 2.75) is 38.2 Å². The Morgan fingerprint density at radius 3 is 2.55 bits per heavy atom. The van der Waals surface area contributed by atoms with Crippen LogP contribution in [0.3, 0.4) is 0 Å². The molecule has 0 amide bonds. The molecule has 0 spiro atoms. The van der Waals surface area contributed by atoms with Crippen LogP contribution in [-0.2, 0) is 14.8 Å². The number of nitrogens with two attached hydrogens (primary N) is 1. The van der Waals surface area contributed by atoms with Gasteiger partial charge in [-0.15, -0.1) is 0 Å². The average molecular weight is 304 g/mol. The first-order chi connectivity index (χ1) is 9.09. The summed E-state index contributed by atoms with van der Waals surface area (Å²) >= 11 is 0. The Morgan fingerprint density at radius 1 is 1.40 bits per heavy atom. The maximum atomic E-state index is 13.9. The third kappa shape index (κ3) is 4.16. The Hall–Kier alpha value is -1.18. The smallest absolute Gasteiger partial charge is 0.243 e. The molecule has 7 heteroatoms. The summed E-state index contributed by atoms with van der Waals surface area (Å²) in [6, 6.07) is 2.50. The van der Waals surface area contributed by atoms with E-state index in [1.807, 2.05) is 6.92 Å². The molecule has 1 rings (SSSR count). The first kappa shape index (κ1) is 16.9. The van der Waals surface area contributed by atoms with Crippen molar-refractivity contribution in [1.29, 1.82) is 0 Å². The fraction of sp³-hybridized carbons (Fsp3) is 0.538. The van der Waals surface area contributed by atoms with Gasteiger partial charge < -0.3 is 10.5 Å². The first-order valence-electron chi connectivity index (χ1n) is 6.28. The van der Waals surface area contributed by atoms with Crippen LogP contribution in [0.15, 0.2) is 17.0 Å². The molecular weight excluding hydrogens is 283 g/mol. The zero-order valence-electron chi connectivity index (χ0n) is 12.2. The lowest BCUT2D eigenvalue weighted by atomic mass is 10.1. The number of hydrogen-bond donors (Lipinski definition) is 2. The Kier molecular flexibility index (Phi) is 5.12. The van der Waals surface area contributed by atoms with Gasteiger partial charge in [0.1, 0.15) is 10.7 Å². The highest BCUT2D eigenvalue weighted by atomic mass is 32.2. The molecule has 20 heavy (non-hydrogen) atoms. The van der Waals surface area contributed by atoms with E-state index in [0.29, 0.717) is 6.61 Å². The van der Waals surface area contributed by atoms with E-state index in [4.69, 9.17) is 10.5 Å². The van der Waals surface area contributed by atoms with Crippen LogP contribution in [0.2, 0.25) is 0 Å². The van der Waals surface area contributed by atoms with Crippen LogP contribution < -0.4 is 10.5 Å². The molecule has 3 N–H and O–H groups in total. The largest absolute Gasteiger partial charge is 0.399 e. The molecule has 0 radical (unpaired) electrons. The van der Waals surface area contributed by atoms with Crippen LogP contribution in [0.25, 0.3) is 0 Å². The van der Waals surface area contributed by atoms with Crippen LogP contribution in [0.5, 0.6) is 0 Å². The van der Waals surface area contributed by atoms with Gasteiger partial charge in [0.15, 0.2) is 0 Å². The molecule has 0 aliphatic rings. The van der Waals surface area contributed by atoms with E-state index >= 15 is 0 Å². The van der Waals surface area contributed by atoms with E-state index in [1.165, 1.54) is 13.0 Å². The molecule has 0 aromatic heterocycles. The highest BCUT2D eigenvalue weighted by Crippen LogP contribution is 2.22. The molecular formula is C13H21FN2O3S. The zero-order valence-corrected chi connectivity index (χ0v) is 13.0. The van der Waals surface area contributed by atoms with Crippen LogP contribution >= 0.6 is 0 Å². The summed E-state index contributed by atoms with van der Waals surface area (Å²) in [6.07, 6.45) is 0. The minimum atomic E-state index is -3.97. The Labute approximate surface area is 119 Å². The SMILES string of the molecule is CCOC(C)(C)CNS(=O)(=O)c1cc(N)cc(C)c1F. The number of hydrogen-bond acceptors (Lipinski definition) is 4. The van der Waals surface area contributed by atoms with Gasteiger partial charge in [-0.1, -0.05) is 0 Å². The van der Waals surface area contributed by atoms with E-state index in [-0.39, 0.29) is 17.8 Å². The van der Waals surface area contributed by atoms with Crippen LogP contribution in [-0.4, -0.2) is 27.2 Å². The molecule has 0 aliphatic carbocycles. The lowest BCUT2D eigenvalue weighted by Gasteiger charge is -2.25. The number of nitrogen functional groups attached to an aromatic ring is 1. The monoisotopic (exact) mass is 304 g/mol. The second-order valence-corrected chi connectivity index (χ2v) is 6.90. The molecule has 1 aromatic rings. The normalized spacial score (nSPS) is 12.7. The number of ether oxygens (including phenoxy) is 1. The Bertz CT molecular complexity index is 586. The number of sulfonamides is 1. The molecule has 0 saturated carbocycles. The van der Waals surface area contributed by atoms with Gasteiger partial charge in [0.2, 0.25) is 10.0 Å². The third-order valence-electron chi connectivity index (χ3n) is 2.76. The minimum absolute atomic E-state index is 0.0382. The highest BCUT2D eigenvalue weighted by molar-refractivity contribution is 7.89. The predicted molar refractivity (Wildman–Crippen MR) is 76.4 cm³/mol. The second kappa shape index (κ2) is 6.07. The summed E-state index contributed by atoms with van der Waals surface area (Å²) in [7, 11) is -3.97. The van der Waals surface area contributed by atoms with Gasteiger partial charge in [0, 0.05) is 18.8 Å². The highest BCUT2D eigenvalue weighted by Gasteiger charge is 2.25. The molecule has 0 saturated heterocycles. The molecule has 0 aliphatic heterocycles. The second-order valence-electron chi connectivity index (χ2n) is 5.17. The predicted octanol–water partition coefficient (Wildman–Crippen LogP) is 1.81. The number of rotatable bonds is 6. The summed E-state index contributed by atoms with van der Waals surface area (Å²) in [4.78, 5) is -0.442. The summed E-state index contributed by atoms with van der Waals surface area (Å²) < 4.78 is 46.0. The Balaban J connectivity index is 3.01. The number of benzene rings is 1. The van der Waals surface area contributed by atoms with Crippen molar-refractivity contribution in [3.63, 3.8) is 0 Å². The third-order valence-corrected chi connectivity index (χ3v) is 4.16. The molecule has 0 unspecified atom stereocenters. The number of halogens is 1. The molecule has 0 heterocycles. The van der Waals surface area contributed by atoms with Gasteiger partial charge in [-0.3, -0.25) is 0 Å². The minimum Gasteiger partial charge on any atom is -0.399 e. The molecule has 114 valence electrons. The molecule has 5 nitrogen and oxygen atoms in total. The fourth-order valence-corrected chi connectivity index (χ4v) is 3.13. The van der Waals surface area contributed by atoms with Crippen molar-refractivity contribution in [1.82, 2.24) is 4.72 Å². The molecule has 0 fully saturated rings. The van der Waals surface area contributed by atoms with E-state index in [1.54, 1.807) is 13.8 Å². The number of anilines is 1. The van der Waals surface area contributed by atoms with E-state index in [0.717, 1.165) is 6.07 Å². The maximum Gasteiger partial charge on any atom is 0.243 e. The van der Waals surface area contributed by atoms with E-state index < -0.39 is 26.3 Å². The standard InChI is InChI=1S/C13H21FN2O3S/c1-5-19-13(3,4)8-16-20(17,18)11-7-10(15)6-9(2)12(11)14/h6-7,16H,5,8,15H2,1-4H3. The van der Waals surface area contributed by atoms with Crippen molar-refractivity contribution in [2.75, 3.05) is 18.9 Å². The van der Waals surface area contributed by atoms with Crippen molar-refractivity contribution >= 4 is 15.7 Å². The molecule has 1 aromatic carbocycles. The summed E-state index contributed by atoms with van der Waals surface area (Å²) in [5.41, 5.74) is 5.29. The summed E-state index contributed by atoms with van der Waals surface area (Å²) in [5.74, 6) is -0.791. The van der Waals surface area contributed by atoms with Crippen LogP contribution in [0.4, 0.5) is 10.1 Å². The van der Waals surface area contributed by atoms with Crippen LogP contribution in [0.1, 0.15) is 26.3 Å². The quantitative estimate of drug-likeness (QED) is 0.785. The van der Waals surface area contributed by atoms with Crippen molar-refractivity contribution in [3.8, 4) is 0 Å². The Morgan fingerprint density at radius 2 is 2.00 bits per heavy atom. The number of aryl methyl sites for hydroxylation is 1. The average Bonchev–Trinajstić information content (AvgIpc) is 2.31. The van der Waals surface area contributed by atoms with Crippen molar-refractivity contribution < 1.29 is 17.5 Å². The van der Waals surface area contributed by atoms with E-state index in [2.05, 4.69) is 4.72 Å². The fourth-order valence-electron chi connectivity index (χ4n) is 1.75. The van der Waals surface area contributed by atoms with Gasteiger partial charge in [-0.2, -0.15) is 0 Å². The molecule has 0 bridgehead atoms. The van der Waals surface area contributed by atoms with Gasteiger partial charge in [-0.05, 0) is 45.4 Å². The number of nitrogens with one attached hydrogen (secondary N) is 1. The van der Waals surface area contributed by atoms with Gasteiger partial charge >= 0.3 is 0 Å². The van der Waals surface area contributed by atoms with Gasteiger partial charge in [0.25, 0.3) is 0 Å². The lowest BCUT2D eigenvalue weighted by Crippen LogP contribution is -2.40. The van der Waals surface area contributed by atoms with Gasteiger partial charge in [0.05, 0.1) is 5.60 Å². The van der Waals surface area contributed by atoms with E-state index in [9.17, 15) is 12.8 Å². The lowest BCUT2D eigenvalue weighted by molar-refractivity contribution is -0.00515. The molecule has 0 atom stereocenters. The first-order valence-corrected chi connectivity index (χ1v) is 7.76. The summed E-state index contributed by atoms with van der Waals surface area (Å²) in [5, 5.41) is 0. The van der Waals surface area contributed by atoms with Crippen LogP contribution in [0, 0.1) is 12.7 Å². The van der Waals surface area contributed by atoms with Gasteiger partial charge in [-0.25, -0.2) is 17.5 Å². The topological polar surface area (TPSA) is 81.4 Å². The van der Waals surface area contributed by atoms with Crippen molar-refractivity contribution in [3.05, 3.63) is 23.5 Å². The zero-order chi connectivity index (χ0) is 15.6. The van der Waals surface area contributed by atoms with Crippen molar-refractivity contribution in [2.24, 2.45) is 0 Å². The maximum absolute atomic E-state index is 13.9.